The number of nitrogens with one attached hydrogen (secondary N) is 1. The normalized spacial score (nSPS) is 11.8. The summed E-state index contributed by atoms with van der Waals surface area (Å²) in [6.07, 6.45) is 2.99. The molecule has 0 fully saturated rings. The number of carbonyl (C=O) groups excluding carboxylic acids is 2. The summed E-state index contributed by atoms with van der Waals surface area (Å²) in [6.45, 7) is 0.0105. The topological polar surface area (TPSA) is 116 Å². The third-order valence-corrected chi connectivity index (χ3v) is 5.66. The van der Waals surface area contributed by atoms with Gasteiger partial charge in [-0.15, -0.1) is 5.10 Å². The van der Waals surface area contributed by atoms with Crippen molar-refractivity contribution in [1.82, 2.24) is 20.3 Å². The number of aromatic nitrogens is 3. The molecule has 2 aromatic carbocycles. The van der Waals surface area contributed by atoms with Crippen LogP contribution in [0.1, 0.15) is 17.6 Å². The average molecular weight is 486 g/mol. The summed E-state index contributed by atoms with van der Waals surface area (Å²) in [5.74, 6) is 0.682. The Bertz CT molecular complexity index is 1440. The molecule has 0 saturated carbocycles. The Morgan fingerprint density at radius 1 is 1.00 bits per heavy atom. The quantitative estimate of drug-likeness (QED) is 0.338. The fourth-order valence-corrected chi connectivity index (χ4v) is 3.92. The fourth-order valence-electron chi connectivity index (χ4n) is 3.92. The Kier molecular flexibility index (Phi) is 6.48. The molecule has 0 radical (unpaired) electrons. The zero-order chi connectivity index (χ0) is 24.9. The van der Waals surface area contributed by atoms with Crippen LogP contribution in [0.5, 0.6) is 5.75 Å². The van der Waals surface area contributed by atoms with Gasteiger partial charge in [-0.1, -0.05) is 17.3 Å². The number of anilines is 1. The molecule has 10 heteroatoms. The van der Waals surface area contributed by atoms with E-state index in [1.54, 1.807) is 55.6 Å². The van der Waals surface area contributed by atoms with Crippen molar-refractivity contribution in [3.05, 3.63) is 96.8 Å². The minimum Gasteiger partial charge on any atom is -0.497 e. The zero-order valence-corrected chi connectivity index (χ0v) is 19.4. The highest BCUT2D eigenvalue weighted by atomic mass is 16.5. The lowest BCUT2D eigenvalue weighted by atomic mass is 10.1. The maximum absolute atomic E-state index is 13.8. The maximum Gasteiger partial charge on any atom is 0.251 e. The molecule has 2 amide bonds. The Morgan fingerprint density at radius 2 is 1.78 bits per heavy atom. The van der Waals surface area contributed by atoms with E-state index in [0.717, 1.165) is 0 Å². The molecule has 182 valence electrons. The monoisotopic (exact) mass is 485 g/mol. The van der Waals surface area contributed by atoms with Crippen LogP contribution in [0.4, 0.5) is 5.69 Å². The molecular weight excluding hydrogens is 462 g/mol. The van der Waals surface area contributed by atoms with Crippen LogP contribution in [0, 0.1) is 0 Å². The van der Waals surface area contributed by atoms with E-state index in [1.165, 1.54) is 22.1 Å². The van der Waals surface area contributed by atoms with Gasteiger partial charge in [0.1, 0.15) is 29.3 Å². The summed E-state index contributed by atoms with van der Waals surface area (Å²) in [4.78, 5) is 28.8. The Hall–Kier alpha value is -4.86. The summed E-state index contributed by atoms with van der Waals surface area (Å²) in [6, 6.07) is 20.0. The highest BCUT2D eigenvalue weighted by molar-refractivity contribution is 6.01. The first-order valence-electron chi connectivity index (χ1n) is 11.2. The van der Waals surface area contributed by atoms with Gasteiger partial charge in [0.15, 0.2) is 6.04 Å². The van der Waals surface area contributed by atoms with Crippen LogP contribution in [-0.4, -0.2) is 33.9 Å². The molecule has 0 spiro atoms. The highest BCUT2D eigenvalue weighted by Crippen LogP contribution is 2.30. The van der Waals surface area contributed by atoms with Crippen molar-refractivity contribution < 1.29 is 23.2 Å². The lowest BCUT2D eigenvalue weighted by Crippen LogP contribution is -2.45. The number of hydrogen-bond acceptors (Lipinski definition) is 7. The van der Waals surface area contributed by atoms with E-state index in [9.17, 15) is 9.59 Å². The molecule has 0 unspecified atom stereocenters. The fraction of sp³-hybridized carbons (Fsp3) is 0.154. The van der Waals surface area contributed by atoms with Crippen LogP contribution in [-0.2, 0) is 22.7 Å². The number of rotatable bonds is 9. The minimum absolute atomic E-state index is 0.144. The van der Waals surface area contributed by atoms with Crippen molar-refractivity contribution in [3.63, 3.8) is 0 Å². The van der Waals surface area contributed by atoms with E-state index < -0.39 is 11.9 Å². The van der Waals surface area contributed by atoms with Gasteiger partial charge in [-0.2, -0.15) is 0 Å². The van der Waals surface area contributed by atoms with Crippen molar-refractivity contribution in [1.29, 1.82) is 0 Å². The van der Waals surface area contributed by atoms with Crippen LogP contribution in [0.3, 0.4) is 0 Å². The van der Waals surface area contributed by atoms with Gasteiger partial charge in [0.05, 0.1) is 31.7 Å². The Morgan fingerprint density at radius 3 is 2.50 bits per heavy atom. The number of para-hydroxylation sites is 1. The van der Waals surface area contributed by atoms with Crippen LogP contribution in [0.15, 0.2) is 94.2 Å². The predicted octanol–water partition coefficient (Wildman–Crippen LogP) is 3.72. The molecule has 0 aliphatic carbocycles. The lowest BCUT2D eigenvalue weighted by Gasteiger charge is -2.30. The smallest absolute Gasteiger partial charge is 0.251 e. The first-order valence-corrected chi connectivity index (χ1v) is 11.2. The molecule has 0 aliphatic rings. The van der Waals surface area contributed by atoms with Gasteiger partial charge in [0.2, 0.25) is 5.91 Å². The first kappa shape index (κ1) is 22.9. The van der Waals surface area contributed by atoms with Crippen LogP contribution >= 0.6 is 0 Å². The summed E-state index contributed by atoms with van der Waals surface area (Å²) in [5, 5.41) is 11.1. The minimum atomic E-state index is -1.09. The van der Waals surface area contributed by atoms with E-state index in [1.807, 2.05) is 24.3 Å². The second-order valence-electron chi connectivity index (χ2n) is 7.91. The van der Waals surface area contributed by atoms with E-state index in [2.05, 4.69) is 15.6 Å². The molecule has 0 aliphatic heterocycles. The van der Waals surface area contributed by atoms with Gasteiger partial charge in [-0.05, 0) is 60.7 Å². The summed E-state index contributed by atoms with van der Waals surface area (Å²) < 4.78 is 17.7. The molecular formula is C26H23N5O5. The van der Waals surface area contributed by atoms with E-state index in [0.29, 0.717) is 34.0 Å². The summed E-state index contributed by atoms with van der Waals surface area (Å²) >= 11 is 0. The Labute approximate surface area is 206 Å². The number of fused-ring (bicyclic) bond motifs is 1. The van der Waals surface area contributed by atoms with E-state index in [-0.39, 0.29) is 19.0 Å². The van der Waals surface area contributed by atoms with Gasteiger partial charge in [0, 0.05) is 5.69 Å². The van der Waals surface area contributed by atoms with Crippen molar-refractivity contribution >= 4 is 28.5 Å². The van der Waals surface area contributed by atoms with Crippen molar-refractivity contribution in [3.8, 4) is 5.75 Å². The van der Waals surface area contributed by atoms with Crippen molar-refractivity contribution in [2.45, 2.75) is 19.1 Å². The molecule has 1 atom stereocenters. The maximum atomic E-state index is 13.8. The molecule has 5 aromatic rings. The standard InChI is InChI=1S/C26H23N5O5/c1-34-19-12-10-18(11-13-19)31(24(32)17-30-22-8-3-2-7-21(22)28-29-30)25(23-9-5-15-36-23)26(33)27-16-20-6-4-14-35-20/h2-15,25H,16-17H2,1H3,(H,27,33)/t25-/m1/s1. The second kappa shape index (κ2) is 10.2. The summed E-state index contributed by atoms with van der Waals surface area (Å²) in [7, 11) is 1.56. The molecule has 3 aromatic heterocycles. The molecule has 36 heavy (non-hydrogen) atoms. The Balaban J connectivity index is 1.52. The van der Waals surface area contributed by atoms with Gasteiger partial charge >= 0.3 is 0 Å². The van der Waals surface area contributed by atoms with Crippen LogP contribution in [0.2, 0.25) is 0 Å². The van der Waals surface area contributed by atoms with Crippen molar-refractivity contribution in [2.24, 2.45) is 0 Å². The first-order chi connectivity index (χ1) is 17.6. The predicted molar refractivity (Wildman–Crippen MR) is 130 cm³/mol. The largest absolute Gasteiger partial charge is 0.497 e. The third-order valence-electron chi connectivity index (χ3n) is 5.66. The van der Waals surface area contributed by atoms with Crippen LogP contribution < -0.4 is 15.0 Å². The van der Waals surface area contributed by atoms with E-state index >= 15 is 0 Å². The number of nitrogens with zero attached hydrogens (tertiary/aromatic N) is 4. The van der Waals surface area contributed by atoms with Gasteiger partial charge in [-0.3, -0.25) is 14.5 Å². The second-order valence-corrected chi connectivity index (χ2v) is 7.91. The zero-order valence-electron chi connectivity index (χ0n) is 19.4. The lowest BCUT2D eigenvalue weighted by molar-refractivity contribution is -0.127. The van der Waals surface area contributed by atoms with Crippen LogP contribution in [0.25, 0.3) is 11.0 Å². The van der Waals surface area contributed by atoms with Crippen molar-refractivity contribution in [2.75, 3.05) is 12.0 Å². The molecule has 1 N–H and O–H groups in total. The molecule has 5 rings (SSSR count). The number of furan rings is 2. The number of methoxy groups -OCH3 is 1. The average Bonchev–Trinajstić information content (AvgIpc) is 3.69. The number of ether oxygens (including phenoxy) is 1. The molecule has 3 heterocycles. The number of carbonyl (C=O) groups is 2. The third kappa shape index (κ3) is 4.69. The van der Waals surface area contributed by atoms with Gasteiger partial charge in [0.25, 0.3) is 5.91 Å². The SMILES string of the molecule is COc1ccc(N(C(=O)Cn2nnc3ccccc32)[C@@H](C(=O)NCc2ccco2)c2ccco2)cc1. The van der Waals surface area contributed by atoms with E-state index in [4.69, 9.17) is 13.6 Å². The molecule has 0 saturated heterocycles. The number of benzene rings is 2. The molecule has 0 bridgehead atoms. The van der Waals surface area contributed by atoms with Gasteiger partial charge < -0.3 is 18.9 Å². The highest BCUT2D eigenvalue weighted by Gasteiger charge is 2.35. The number of amides is 2. The number of hydrogen-bond donors (Lipinski definition) is 1. The van der Waals surface area contributed by atoms with Gasteiger partial charge in [-0.25, -0.2) is 4.68 Å². The molecule has 10 nitrogen and oxygen atoms in total. The summed E-state index contributed by atoms with van der Waals surface area (Å²) in [5.41, 5.74) is 1.86.